The molecule has 0 amide bonds. The van der Waals surface area contributed by atoms with E-state index < -0.39 is 5.41 Å². The molecule has 0 saturated heterocycles. The Hall–Kier alpha value is -6.12. The fraction of sp³-hybridized carbons (Fsp3) is 0.0222. The second kappa shape index (κ2) is 9.94. The Balaban J connectivity index is 1.33. The van der Waals surface area contributed by atoms with Crippen LogP contribution in [0, 0.1) is 0 Å². The van der Waals surface area contributed by atoms with Gasteiger partial charge in [0.05, 0.1) is 11.1 Å². The number of fused-ring (bicyclic) bond motifs is 7. The van der Waals surface area contributed by atoms with E-state index in [0.29, 0.717) is 0 Å². The van der Waals surface area contributed by atoms with Gasteiger partial charge in [0.2, 0.25) is 0 Å². The average molecular weight is 600 g/mol. The van der Waals surface area contributed by atoms with Crippen LogP contribution in [0.15, 0.2) is 176 Å². The Morgan fingerprint density at radius 1 is 0.426 bits per heavy atom. The predicted molar refractivity (Wildman–Crippen MR) is 194 cm³/mol. The van der Waals surface area contributed by atoms with Gasteiger partial charge in [-0.1, -0.05) is 133 Å². The van der Waals surface area contributed by atoms with Crippen LogP contribution < -0.4 is 9.64 Å². The summed E-state index contributed by atoms with van der Waals surface area (Å²) in [5, 5.41) is 4.87. The molecule has 2 heteroatoms. The molecule has 1 unspecified atom stereocenters. The van der Waals surface area contributed by atoms with Gasteiger partial charge in [-0.15, -0.1) is 0 Å². The van der Waals surface area contributed by atoms with E-state index in [0.717, 1.165) is 28.6 Å². The van der Waals surface area contributed by atoms with Crippen molar-refractivity contribution in [1.82, 2.24) is 0 Å². The van der Waals surface area contributed by atoms with E-state index in [1.165, 1.54) is 54.9 Å². The summed E-state index contributed by atoms with van der Waals surface area (Å²) in [5.74, 6) is 1.81. The lowest BCUT2D eigenvalue weighted by molar-refractivity contribution is 0.438. The Morgan fingerprint density at radius 3 is 1.70 bits per heavy atom. The molecule has 10 rings (SSSR count). The fourth-order valence-corrected chi connectivity index (χ4v) is 8.12. The molecule has 0 spiro atoms. The van der Waals surface area contributed by atoms with E-state index in [4.69, 9.17) is 4.74 Å². The summed E-state index contributed by atoms with van der Waals surface area (Å²) in [4.78, 5) is 2.44. The van der Waals surface area contributed by atoms with Crippen molar-refractivity contribution < 1.29 is 4.74 Å². The maximum absolute atomic E-state index is 6.79. The van der Waals surface area contributed by atoms with Crippen molar-refractivity contribution in [2.75, 3.05) is 4.90 Å². The number of benzene rings is 8. The third-order valence-corrected chi connectivity index (χ3v) is 10.1. The molecule has 0 bridgehead atoms. The van der Waals surface area contributed by atoms with Gasteiger partial charge in [0.1, 0.15) is 11.5 Å². The van der Waals surface area contributed by atoms with Crippen molar-refractivity contribution in [2.45, 2.75) is 5.41 Å². The Labute approximate surface area is 273 Å². The summed E-state index contributed by atoms with van der Waals surface area (Å²) in [6, 6.07) is 63.7. The SMILES string of the molecule is c1ccc(C23c4ccccc4Oc4ccc(N(c5ccc6ccccc6c5)c5ccc6ccccc6c5)c(c42)-c2ccccc23)cc1. The van der Waals surface area contributed by atoms with E-state index in [-0.39, 0.29) is 0 Å². The summed E-state index contributed by atoms with van der Waals surface area (Å²) in [5.41, 5.74) is 10.2. The maximum atomic E-state index is 6.79. The third-order valence-electron chi connectivity index (χ3n) is 10.1. The molecular weight excluding hydrogens is 571 g/mol. The van der Waals surface area contributed by atoms with Gasteiger partial charge in [0, 0.05) is 28.1 Å². The van der Waals surface area contributed by atoms with Crippen molar-refractivity contribution >= 4 is 38.6 Å². The molecule has 8 aromatic carbocycles. The number of ether oxygens (including phenoxy) is 1. The molecule has 2 aliphatic rings. The zero-order valence-corrected chi connectivity index (χ0v) is 25.6. The topological polar surface area (TPSA) is 12.5 Å². The molecule has 47 heavy (non-hydrogen) atoms. The first-order valence-corrected chi connectivity index (χ1v) is 16.2. The number of nitrogens with zero attached hydrogens (tertiary/aromatic N) is 1. The number of para-hydroxylation sites is 1. The normalized spacial score (nSPS) is 15.5. The van der Waals surface area contributed by atoms with Gasteiger partial charge in [-0.3, -0.25) is 0 Å². The van der Waals surface area contributed by atoms with Gasteiger partial charge in [-0.25, -0.2) is 0 Å². The van der Waals surface area contributed by atoms with Crippen LogP contribution in [0.25, 0.3) is 32.7 Å². The van der Waals surface area contributed by atoms with Gasteiger partial charge in [0.15, 0.2) is 0 Å². The summed E-state index contributed by atoms with van der Waals surface area (Å²) >= 11 is 0. The summed E-state index contributed by atoms with van der Waals surface area (Å²) < 4.78 is 6.79. The molecule has 1 atom stereocenters. The fourth-order valence-electron chi connectivity index (χ4n) is 8.12. The summed E-state index contributed by atoms with van der Waals surface area (Å²) in [6.45, 7) is 0. The van der Waals surface area contributed by atoms with Gasteiger partial charge in [-0.05, 0) is 80.7 Å². The zero-order valence-electron chi connectivity index (χ0n) is 25.6. The molecule has 0 N–H and O–H groups in total. The smallest absolute Gasteiger partial charge is 0.133 e. The molecule has 0 fully saturated rings. The molecule has 8 aromatic rings. The van der Waals surface area contributed by atoms with Crippen LogP contribution in [0.5, 0.6) is 11.5 Å². The Morgan fingerprint density at radius 2 is 1.00 bits per heavy atom. The molecule has 220 valence electrons. The van der Waals surface area contributed by atoms with E-state index >= 15 is 0 Å². The zero-order chi connectivity index (χ0) is 31.0. The van der Waals surface area contributed by atoms with E-state index in [9.17, 15) is 0 Å². The van der Waals surface area contributed by atoms with Crippen LogP contribution in [0.3, 0.4) is 0 Å². The first-order valence-electron chi connectivity index (χ1n) is 16.2. The predicted octanol–water partition coefficient (Wildman–Crippen LogP) is 11.9. The van der Waals surface area contributed by atoms with Crippen LogP contribution >= 0.6 is 0 Å². The highest BCUT2D eigenvalue weighted by Crippen LogP contribution is 2.65. The van der Waals surface area contributed by atoms with Crippen LogP contribution in [0.4, 0.5) is 17.1 Å². The van der Waals surface area contributed by atoms with Crippen molar-refractivity contribution in [1.29, 1.82) is 0 Å². The lowest BCUT2D eigenvalue weighted by atomic mass is 9.66. The van der Waals surface area contributed by atoms with Gasteiger partial charge in [0.25, 0.3) is 0 Å². The minimum Gasteiger partial charge on any atom is -0.457 e. The number of hydrogen-bond donors (Lipinski definition) is 0. The second-order valence-corrected chi connectivity index (χ2v) is 12.5. The standard InChI is InChI=1S/C45H29NO/c1-2-16-34(17-3-1)45-38-19-9-8-18-37(38)43-40(26-27-42(44(43)45)47-41-21-11-10-20-39(41)45)46(35-24-22-30-12-4-6-14-32(30)28-35)36-25-23-31-13-5-7-15-33(31)29-36/h1-29H. The first kappa shape index (κ1) is 26.1. The van der Waals surface area contributed by atoms with Crippen LogP contribution in [-0.4, -0.2) is 0 Å². The van der Waals surface area contributed by atoms with Crippen molar-refractivity contribution in [3.05, 3.63) is 198 Å². The lowest BCUT2D eigenvalue weighted by Gasteiger charge is -2.39. The van der Waals surface area contributed by atoms with Crippen molar-refractivity contribution in [3.8, 4) is 22.6 Å². The maximum Gasteiger partial charge on any atom is 0.133 e. The number of rotatable bonds is 4. The van der Waals surface area contributed by atoms with E-state index in [1.807, 2.05) is 0 Å². The molecule has 0 radical (unpaired) electrons. The highest BCUT2D eigenvalue weighted by molar-refractivity contribution is 6.01. The van der Waals surface area contributed by atoms with Gasteiger partial charge >= 0.3 is 0 Å². The monoisotopic (exact) mass is 599 g/mol. The quantitative estimate of drug-likeness (QED) is 0.200. The summed E-state index contributed by atoms with van der Waals surface area (Å²) in [7, 11) is 0. The van der Waals surface area contributed by atoms with Crippen LogP contribution in [-0.2, 0) is 5.41 Å². The Bertz CT molecular complexity index is 2440. The largest absolute Gasteiger partial charge is 0.457 e. The minimum absolute atomic E-state index is 0.522. The van der Waals surface area contributed by atoms with Crippen LogP contribution in [0.1, 0.15) is 22.3 Å². The number of anilines is 3. The van der Waals surface area contributed by atoms with Crippen molar-refractivity contribution in [2.24, 2.45) is 0 Å². The highest BCUT2D eigenvalue weighted by Gasteiger charge is 2.52. The minimum atomic E-state index is -0.522. The molecule has 1 heterocycles. The van der Waals surface area contributed by atoms with E-state index in [1.54, 1.807) is 0 Å². The molecule has 1 aliphatic heterocycles. The van der Waals surface area contributed by atoms with Gasteiger partial charge in [-0.2, -0.15) is 0 Å². The highest BCUT2D eigenvalue weighted by atomic mass is 16.5. The molecule has 0 saturated carbocycles. The average Bonchev–Trinajstić information content (AvgIpc) is 3.46. The lowest BCUT2D eigenvalue weighted by Crippen LogP contribution is -2.32. The molecule has 1 aliphatic carbocycles. The number of hydrogen-bond acceptors (Lipinski definition) is 2. The first-order chi connectivity index (χ1) is 23.3. The summed E-state index contributed by atoms with van der Waals surface area (Å²) in [6.07, 6.45) is 0. The van der Waals surface area contributed by atoms with Crippen LogP contribution in [0.2, 0.25) is 0 Å². The van der Waals surface area contributed by atoms with Crippen molar-refractivity contribution in [3.63, 3.8) is 0 Å². The molecule has 0 aromatic heterocycles. The van der Waals surface area contributed by atoms with Gasteiger partial charge < -0.3 is 9.64 Å². The Kier molecular flexibility index (Phi) is 5.53. The molecular formula is C45H29NO. The second-order valence-electron chi connectivity index (χ2n) is 12.5. The van der Waals surface area contributed by atoms with E-state index in [2.05, 4.69) is 181 Å². The molecule has 2 nitrogen and oxygen atoms in total. The third kappa shape index (κ3) is 3.67.